The second-order valence-corrected chi connectivity index (χ2v) is 5.69. The van der Waals surface area contributed by atoms with Crippen LogP contribution in [0.2, 0.25) is 0 Å². The Kier molecular flexibility index (Phi) is 6.68. The molecule has 0 unspecified atom stereocenters. The van der Waals surface area contributed by atoms with E-state index in [1.165, 1.54) is 0 Å². The summed E-state index contributed by atoms with van der Waals surface area (Å²) in [6.07, 6.45) is 1.48. The maximum absolute atomic E-state index is 12.2. The van der Waals surface area contributed by atoms with Crippen molar-refractivity contribution in [3.8, 4) is 5.75 Å². The molecule has 1 heterocycles. The fourth-order valence-electron chi connectivity index (χ4n) is 2.60. The van der Waals surface area contributed by atoms with Gasteiger partial charge in [-0.15, -0.1) is 0 Å². The number of para-hydroxylation sites is 1. The fraction of sp³-hybridized carbons (Fsp3) is 0.588. The van der Waals surface area contributed by atoms with Crippen molar-refractivity contribution >= 4 is 5.91 Å². The first-order valence-corrected chi connectivity index (χ1v) is 7.92. The topological polar surface area (TPSA) is 50.8 Å². The van der Waals surface area contributed by atoms with Gasteiger partial charge in [-0.3, -0.25) is 4.79 Å². The van der Waals surface area contributed by atoms with Gasteiger partial charge in [0.05, 0.1) is 6.61 Å². The molecule has 1 fully saturated rings. The highest BCUT2D eigenvalue weighted by molar-refractivity contribution is 5.81. The van der Waals surface area contributed by atoms with Gasteiger partial charge in [0.25, 0.3) is 5.91 Å². The van der Waals surface area contributed by atoms with Crippen molar-refractivity contribution in [2.45, 2.75) is 31.9 Å². The number of nitrogens with one attached hydrogen (secondary N) is 1. The summed E-state index contributed by atoms with van der Waals surface area (Å²) in [5, 5.41) is 3.09. The molecule has 5 nitrogen and oxygen atoms in total. The van der Waals surface area contributed by atoms with E-state index >= 15 is 0 Å². The van der Waals surface area contributed by atoms with Crippen LogP contribution in [0, 0.1) is 0 Å². The number of likely N-dealkylation sites (tertiary alicyclic amines) is 1. The van der Waals surface area contributed by atoms with Crippen LogP contribution in [0.3, 0.4) is 0 Å². The number of hydrogen-bond acceptors (Lipinski definition) is 4. The molecule has 0 bridgehead atoms. The molecule has 1 aromatic rings. The molecule has 122 valence electrons. The van der Waals surface area contributed by atoms with E-state index in [1.54, 1.807) is 14.0 Å². The van der Waals surface area contributed by atoms with E-state index in [-0.39, 0.29) is 11.9 Å². The fourth-order valence-corrected chi connectivity index (χ4v) is 2.60. The molecule has 1 atom stereocenters. The number of benzene rings is 1. The van der Waals surface area contributed by atoms with Gasteiger partial charge in [-0.25, -0.2) is 0 Å². The summed E-state index contributed by atoms with van der Waals surface area (Å²) in [6, 6.07) is 9.68. The van der Waals surface area contributed by atoms with Gasteiger partial charge >= 0.3 is 0 Å². The third-order valence-corrected chi connectivity index (χ3v) is 3.97. The molecule has 5 heteroatoms. The molecule has 1 aliphatic heterocycles. The lowest BCUT2D eigenvalue weighted by atomic mass is 10.0. The zero-order valence-electron chi connectivity index (χ0n) is 13.5. The summed E-state index contributed by atoms with van der Waals surface area (Å²) in [6.45, 7) is 5.52. The number of piperidine rings is 1. The number of carbonyl (C=O) groups is 1. The second-order valence-electron chi connectivity index (χ2n) is 5.69. The zero-order valence-corrected chi connectivity index (χ0v) is 13.5. The maximum atomic E-state index is 12.2. The predicted octanol–water partition coefficient (Wildman–Crippen LogP) is 1.68. The molecule has 1 aliphatic rings. The number of rotatable bonds is 7. The average molecular weight is 306 g/mol. The molecule has 1 amide bonds. The van der Waals surface area contributed by atoms with Crippen molar-refractivity contribution in [1.29, 1.82) is 0 Å². The number of methoxy groups -OCH3 is 1. The minimum atomic E-state index is -0.478. The highest BCUT2D eigenvalue weighted by Crippen LogP contribution is 2.13. The lowest BCUT2D eigenvalue weighted by Gasteiger charge is -2.32. The van der Waals surface area contributed by atoms with Crippen LogP contribution in [0.15, 0.2) is 30.3 Å². The Bertz CT molecular complexity index is 444. The molecular weight excluding hydrogens is 280 g/mol. The van der Waals surface area contributed by atoms with Crippen molar-refractivity contribution in [2.24, 2.45) is 0 Å². The minimum absolute atomic E-state index is 0.0424. The molecule has 0 aliphatic carbocycles. The number of hydrogen-bond donors (Lipinski definition) is 1. The zero-order chi connectivity index (χ0) is 15.8. The number of ether oxygens (including phenoxy) is 2. The van der Waals surface area contributed by atoms with Crippen molar-refractivity contribution in [3.63, 3.8) is 0 Å². The molecule has 1 aromatic carbocycles. The quantitative estimate of drug-likeness (QED) is 0.833. The molecule has 0 aromatic heterocycles. The Morgan fingerprint density at radius 2 is 2.00 bits per heavy atom. The van der Waals surface area contributed by atoms with E-state index in [4.69, 9.17) is 9.47 Å². The minimum Gasteiger partial charge on any atom is -0.481 e. The molecule has 0 spiro atoms. The first kappa shape index (κ1) is 16.8. The van der Waals surface area contributed by atoms with E-state index in [9.17, 15) is 4.79 Å². The first-order valence-electron chi connectivity index (χ1n) is 7.92. The molecule has 0 saturated carbocycles. The van der Waals surface area contributed by atoms with Crippen molar-refractivity contribution in [2.75, 3.05) is 33.4 Å². The van der Waals surface area contributed by atoms with Crippen LogP contribution in [-0.4, -0.2) is 56.3 Å². The predicted molar refractivity (Wildman–Crippen MR) is 86.0 cm³/mol. The van der Waals surface area contributed by atoms with Crippen LogP contribution in [0.5, 0.6) is 5.75 Å². The third-order valence-electron chi connectivity index (χ3n) is 3.97. The molecule has 2 rings (SSSR count). The van der Waals surface area contributed by atoms with E-state index in [0.29, 0.717) is 0 Å². The SMILES string of the molecule is COCCN1CCC(NC(=O)[C@H](C)Oc2ccccc2)CC1. The summed E-state index contributed by atoms with van der Waals surface area (Å²) in [4.78, 5) is 14.6. The average Bonchev–Trinajstić information content (AvgIpc) is 2.55. The van der Waals surface area contributed by atoms with Gasteiger partial charge in [0.2, 0.25) is 0 Å². The van der Waals surface area contributed by atoms with Gasteiger partial charge < -0.3 is 19.7 Å². The molecular formula is C17H26N2O3. The van der Waals surface area contributed by atoms with E-state index in [1.807, 2.05) is 30.3 Å². The Morgan fingerprint density at radius 1 is 1.32 bits per heavy atom. The van der Waals surface area contributed by atoms with Crippen LogP contribution in [0.1, 0.15) is 19.8 Å². The lowest BCUT2D eigenvalue weighted by molar-refractivity contribution is -0.128. The number of amides is 1. The highest BCUT2D eigenvalue weighted by atomic mass is 16.5. The summed E-state index contributed by atoms with van der Waals surface area (Å²) in [7, 11) is 1.72. The van der Waals surface area contributed by atoms with Gasteiger partial charge in [0, 0.05) is 32.8 Å². The van der Waals surface area contributed by atoms with Crippen LogP contribution < -0.4 is 10.1 Å². The maximum Gasteiger partial charge on any atom is 0.260 e. The smallest absolute Gasteiger partial charge is 0.260 e. The van der Waals surface area contributed by atoms with E-state index < -0.39 is 6.10 Å². The van der Waals surface area contributed by atoms with Crippen molar-refractivity contribution in [1.82, 2.24) is 10.2 Å². The largest absolute Gasteiger partial charge is 0.481 e. The van der Waals surface area contributed by atoms with E-state index in [0.717, 1.165) is 44.8 Å². The van der Waals surface area contributed by atoms with Crippen molar-refractivity contribution in [3.05, 3.63) is 30.3 Å². The Morgan fingerprint density at radius 3 is 2.64 bits per heavy atom. The summed E-state index contributed by atoms with van der Waals surface area (Å²) in [5.41, 5.74) is 0. The Labute approximate surface area is 132 Å². The van der Waals surface area contributed by atoms with E-state index in [2.05, 4.69) is 10.2 Å². The standard InChI is InChI=1S/C17H26N2O3/c1-14(22-16-6-4-3-5-7-16)17(20)18-15-8-10-19(11-9-15)12-13-21-2/h3-7,14-15H,8-13H2,1-2H3,(H,18,20)/t14-/m0/s1. The lowest BCUT2D eigenvalue weighted by Crippen LogP contribution is -2.48. The van der Waals surface area contributed by atoms with Crippen LogP contribution in [0.25, 0.3) is 0 Å². The third kappa shape index (κ3) is 5.31. The van der Waals surface area contributed by atoms with Gasteiger partial charge in [-0.05, 0) is 31.9 Å². The summed E-state index contributed by atoms with van der Waals surface area (Å²) in [5.74, 6) is 0.679. The highest BCUT2D eigenvalue weighted by Gasteiger charge is 2.23. The van der Waals surface area contributed by atoms with Gasteiger partial charge in [0.15, 0.2) is 6.10 Å². The van der Waals surface area contributed by atoms with Crippen LogP contribution in [-0.2, 0) is 9.53 Å². The molecule has 1 N–H and O–H groups in total. The van der Waals surface area contributed by atoms with Gasteiger partial charge in [0.1, 0.15) is 5.75 Å². The number of carbonyl (C=O) groups excluding carboxylic acids is 1. The monoisotopic (exact) mass is 306 g/mol. The van der Waals surface area contributed by atoms with Crippen LogP contribution in [0.4, 0.5) is 0 Å². The summed E-state index contributed by atoms with van der Waals surface area (Å²) >= 11 is 0. The second kappa shape index (κ2) is 8.76. The van der Waals surface area contributed by atoms with Gasteiger partial charge in [-0.1, -0.05) is 18.2 Å². The van der Waals surface area contributed by atoms with Crippen LogP contribution >= 0.6 is 0 Å². The van der Waals surface area contributed by atoms with Gasteiger partial charge in [-0.2, -0.15) is 0 Å². The Hall–Kier alpha value is -1.59. The molecule has 1 saturated heterocycles. The summed E-state index contributed by atoms with van der Waals surface area (Å²) < 4.78 is 10.7. The first-order chi connectivity index (χ1) is 10.7. The molecule has 0 radical (unpaired) electrons. The Balaban J connectivity index is 1.71. The number of nitrogens with zero attached hydrogens (tertiary/aromatic N) is 1. The molecule has 22 heavy (non-hydrogen) atoms. The normalized spacial score (nSPS) is 17.9. The van der Waals surface area contributed by atoms with Crippen molar-refractivity contribution < 1.29 is 14.3 Å².